The van der Waals surface area contributed by atoms with E-state index < -0.39 is 19.7 Å². The molecule has 0 aliphatic carbocycles. The summed E-state index contributed by atoms with van der Waals surface area (Å²) in [6.07, 6.45) is 4.93. The van der Waals surface area contributed by atoms with Crippen molar-refractivity contribution in [2.45, 2.75) is 42.7 Å². The Hall–Kier alpha value is -4.70. The van der Waals surface area contributed by atoms with Crippen molar-refractivity contribution in [3.63, 3.8) is 0 Å². The van der Waals surface area contributed by atoms with Gasteiger partial charge in [-0.05, 0) is 87.5 Å². The lowest BCUT2D eigenvalue weighted by atomic mass is 10.2. The number of amides is 1. The van der Waals surface area contributed by atoms with E-state index >= 15 is 4.57 Å². The van der Waals surface area contributed by atoms with Crippen LogP contribution in [0.25, 0.3) is 23.1 Å². The number of ether oxygens (including phenoxy) is 1. The van der Waals surface area contributed by atoms with E-state index in [1.165, 1.54) is 16.2 Å². The van der Waals surface area contributed by atoms with E-state index in [4.69, 9.17) is 14.4 Å². The van der Waals surface area contributed by atoms with Crippen LogP contribution < -0.4 is 14.9 Å². The highest BCUT2D eigenvalue weighted by molar-refractivity contribution is 7.99. The fourth-order valence-electron chi connectivity index (χ4n) is 4.51. The van der Waals surface area contributed by atoms with Gasteiger partial charge in [0.1, 0.15) is 11.8 Å². The van der Waals surface area contributed by atoms with Crippen LogP contribution in [0.3, 0.4) is 0 Å². The summed E-state index contributed by atoms with van der Waals surface area (Å²) in [4.78, 5) is 31.3. The van der Waals surface area contributed by atoms with E-state index in [2.05, 4.69) is 15.4 Å². The molecule has 2 aromatic heterocycles. The Morgan fingerprint density at radius 2 is 1.67 bits per heavy atom. The van der Waals surface area contributed by atoms with Gasteiger partial charge >= 0.3 is 13.6 Å². The summed E-state index contributed by atoms with van der Waals surface area (Å²) in [5.74, 6) is -0.467. The van der Waals surface area contributed by atoms with Gasteiger partial charge in [-0.25, -0.2) is 9.65 Å². The van der Waals surface area contributed by atoms with Gasteiger partial charge in [-0.15, -0.1) is 0 Å². The van der Waals surface area contributed by atoms with Gasteiger partial charge in [-0.2, -0.15) is 9.55 Å². The van der Waals surface area contributed by atoms with Gasteiger partial charge in [-0.3, -0.25) is 14.6 Å². The zero-order valence-corrected chi connectivity index (χ0v) is 27.5. The number of para-hydroxylation sites is 1. The second kappa shape index (κ2) is 14.6. The first-order valence-electron chi connectivity index (χ1n) is 14.6. The van der Waals surface area contributed by atoms with Gasteiger partial charge in [0, 0.05) is 28.4 Å². The number of esters is 1. The first-order valence-corrected chi connectivity index (χ1v) is 17.0. The normalized spacial score (nSPS) is 13.4. The molecular formula is C34H34N5O5PS. The van der Waals surface area contributed by atoms with E-state index in [1.54, 1.807) is 76.5 Å². The van der Waals surface area contributed by atoms with Crippen LogP contribution >= 0.6 is 19.4 Å². The first-order chi connectivity index (χ1) is 22.2. The molecule has 0 aliphatic heterocycles. The SMILES string of the molecule is CNC(=O)c1ccccc1Sc1ccc2c(/C=C/c3ccccn3)nn([P@](=O)(N[C@@H](C)C(=O)OC(C)C)Oc3ccccc3)c2c1. The maximum Gasteiger partial charge on any atom is 0.440 e. The number of benzene rings is 3. The monoisotopic (exact) mass is 655 g/mol. The van der Waals surface area contributed by atoms with Gasteiger partial charge in [-0.1, -0.05) is 48.2 Å². The molecule has 0 saturated heterocycles. The molecule has 3 aromatic carbocycles. The van der Waals surface area contributed by atoms with Crippen molar-refractivity contribution in [3.05, 3.63) is 114 Å². The first kappa shape index (κ1) is 32.7. The van der Waals surface area contributed by atoms with Crippen molar-refractivity contribution in [2.24, 2.45) is 0 Å². The second-order valence-corrected chi connectivity index (χ2v) is 13.5. The predicted molar refractivity (Wildman–Crippen MR) is 181 cm³/mol. The van der Waals surface area contributed by atoms with Crippen LogP contribution in [-0.4, -0.2) is 45.6 Å². The van der Waals surface area contributed by atoms with Gasteiger partial charge < -0.3 is 14.6 Å². The van der Waals surface area contributed by atoms with Crippen LogP contribution in [-0.2, 0) is 14.1 Å². The summed E-state index contributed by atoms with van der Waals surface area (Å²) in [6.45, 7) is 5.05. The third kappa shape index (κ3) is 7.74. The number of pyridine rings is 1. The summed E-state index contributed by atoms with van der Waals surface area (Å²) in [7, 11) is -2.58. The molecule has 236 valence electrons. The molecule has 0 aliphatic rings. The molecule has 10 nitrogen and oxygen atoms in total. The Kier molecular flexibility index (Phi) is 10.4. The van der Waals surface area contributed by atoms with Crippen LogP contribution in [0.2, 0.25) is 0 Å². The van der Waals surface area contributed by atoms with E-state index in [-0.39, 0.29) is 12.0 Å². The van der Waals surface area contributed by atoms with Crippen molar-refractivity contribution in [2.75, 3.05) is 7.05 Å². The Bertz CT molecular complexity index is 1910. The fraction of sp³-hybridized carbons (Fsp3) is 0.176. The Balaban J connectivity index is 1.65. The van der Waals surface area contributed by atoms with Crippen molar-refractivity contribution < 1.29 is 23.4 Å². The Morgan fingerprint density at radius 1 is 0.935 bits per heavy atom. The third-order valence-corrected chi connectivity index (χ3v) is 9.67. The third-order valence-electron chi connectivity index (χ3n) is 6.63. The molecule has 0 saturated carbocycles. The minimum absolute atomic E-state index is 0.205. The van der Waals surface area contributed by atoms with Gasteiger partial charge in [0.25, 0.3) is 5.91 Å². The van der Waals surface area contributed by atoms with Crippen LogP contribution in [0.5, 0.6) is 5.75 Å². The average Bonchev–Trinajstić information content (AvgIpc) is 3.43. The summed E-state index contributed by atoms with van der Waals surface area (Å²) in [6, 6.07) is 26.2. The standard InChI is InChI=1S/C34H34N5O5PS/c1-23(2)43-34(41)24(3)38-45(42,44-26-13-6-5-7-14-26)39-31-22-27(46-32-16-9-8-15-29(32)33(40)35-4)18-19-28(31)30(37-39)20-17-25-12-10-11-21-36-25/h5-24H,1-4H3,(H,35,40)(H,38,42)/b20-17+/t24-,45-/m0/s1. The van der Waals surface area contributed by atoms with Gasteiger partial charge in [0.2, 0.25) is 0 Å². The highest BCUT2D eigenvalue weighted by Crippen LogP contribution is 2.48. The highest BCUT2D eigenvalue weighted by Gasteiger charge is 2.36. The molecule has 12 heteroatoms. The van der Waals surface area contributed by atoms with E-state index in [9.17, 15) is 9.59 Å². The number of carbonyl (C=O) groups is 2. The molecule has 2 N–H and O–H groups in total. The quantitative estimate of drug-likeness (QED) is 0.107. The van der Waals surface area contributed by atoms with Crippen molar-refractivity contribution in [1.29, 1.82) is 0 Å². The van der Waals surface area contributed by atoms with Gasteiger partial charge in [0.05, 0.1) is 28.6 Å². The average molecular weight is 656 g/mol. The maximum atomic E-state index is 15.0. The highest BCUT2D eigenvalue weighted by atomic mass is 32.2. The lowest BCUT2D eigenvalue weighted by Crippen LogP contribution is -2.37. The molecule has 5 rings (SSSR count). The predicted octanol–water partition coefficient (Wildman–Crippen LogP) is 7.08. The van der Waals surface area contributed by atoms with E-state index in [0.29, 0.717) is 27.9 Å². The summed E-state index contributed by atoms with van der Waals surface area (Å²) >= 11 is 1.39. The summed E-state index contributed by atoms with van der Waals surface area (Å²) in [5, 5.41) is 11.1. The molecule has 0 radical (unpaired) electrons. The largest absolute Gasteiger partial charge is 0.462 e. The molecule has 0 bridgehead atoms. The molecule has 0 fully saturated rings. The number of carbonyl (C=O) groups excluding carboxylic acids is 2. The fourth-order valence-corrected chi connectivity index (χ4v) is 7.39. The minimum Gasteiger partial charge on any atom is -0.462 e. The number of aromatic nitrogens is 3. The van der Waals surface area contributed by atoms with Crippen molar-refractivity contribution in [3.8, 4) is 5.75 Å². The topological polar surface area (TPSA) is 124 Å². The smallest absolute Gasteiger partial charge is 0.440 e. The number of fused-ring (bicyclic) bond motifs is 1. The number of nitrogens with one attached hydrogen (secondary N) is 2. The minimum atomic E-state index is -4.17. The second-order valence-electron chi connectivity index (χ2n) is 10.5. The number of hydrogen-bond donors (Lipinski definition) is 2. The van der Waals surface area contributed by atoms with Crippen LogP contribution in [0.1, 0.15) is 42.5 Å². The van der Waals surface area contributed by atoms with Crippen molar-refractivity contribution >= 4 is 54.4 Å². The molecule has 0 unspecified atom stereocenters. The number of hydrogen-bond acceptors (Lipinski definition) is 8. The van der Waals surface area contributed by atoms with Crippen LogP contribution in [0, 0.1) is 0 Å². The molecule has 1 amide bonds. The van der Waals surface area contributed by atoms with E-state index in [0.717, 1.165) is 15.5 Å². The summed E-state index contributed by atoms with van der Waals surface area (Å²) < 4.78 is 27.9. The van der Waals surface area contributed by atoms with Gasteiger partial charge in [0.15, 0.2) is 0 Å². The Labute approximate surface area is 271 Å². The van der Waals surface area contributed by atoms with Crippen LogP contribution in [0.15, 0.2) is 107 Å². The lowest BCUT2D eigenvalue weighted by molar-refractivity contribution is -0.149. The molecule has 5 aromatic rings. The lowest BCUT2D eigenvalue weighted by Gasteiger charge is -2.24. The molecule has 46 heavy (non-hydrogen) atoms. The molecule has 0 spiro atoms. The summed E-state index contributed by atoms with van der Waals surface area (Å²) in [5.41, 5.74) is 2.24. The zero-order valence-electron chi connectivity index (χ0n) is 25.8. The molecule has 2 atom stereocenters. The number of nitrogens with zero attached hydrogens (tertiary/aromatic N) is 3. The zero-order chi connectivity index (χ0) is 32.7. The Morgan fingerprint density at radius 3 is 2.39 bits per heavy atom. The molecule has 2 heterocycles. The maximum absolute atomic E-state index is 15.0. The molecular weight excluding hydrogens is 621 g/mol. The van der Waals surface area contributed by atoms with Crippen molar-refractivity contribution in [1.82, 2.24) is 24.9 Å². The van der Waals surface area contributed by atoms with E-state index in [1.807, 2.05) is 60.7 Å². The van der Waals surface area contributed by atoms with Crippen LogP contribution in [0.4, 0.5) is 0 Å². The number of rotatable bonds is 12.